The SMILES string of the molecule is COC(=O)[C@]12CC[C@@]3(C1)[C@@H](O)CCN1CC[C@@]4(c5cccc(OC)c5N[C@@]24O)[C@@H]13. The van der Waals surface area contributed by atoms with Crippen molar-refractivity contribution in [3.63, 3.8) is 0 Å². The maximum Gasteiger partial charge on any atom is 0.316 e. The molecule has 3 heterocycles. The quantitative estimate of drug-likeness (QED) is 0.643. The van der Waals surface area contributed by atoms with Crippen LogP contribution in [0.1, 0.15) is 37.7 Å². The Kier molecular flexibility index (Phi) is 3.26. The van der Waals surface area contributed by atoms with Crippen molar-refractivity contribution in [1.29, 1.82) is 0 Å². The highest BCUT2D eigenvalue weighted by atomic mass is 16.5. The Labute approximate surface area is 170 Å². The molecule has 7 nitrogen and oxygen atoms in total. The molecule has 3 aliphatic heterocycles. The van der Waals surface area contributed by atoms with Crippen LogP contribution in [0.15, 0.2) is 18.2 Å². The summed E-state index contributed by atoms with van der Waals surface area (Å²) in [6.45, 7) is 1.66. The first-order chi connectivity index (χ1) is 13.9. The van der Waals surface area contributed by atoms with Crippen molar-refractivity contribution in [2.75, 3.05) is 32.6 Å². The van der Waals surface area contributed by atoms with Gasteiger partial charge in [-0.2, -0.15) is 0 Å². The van der Waals surface area contributed by atoms with Crippen molar-refractivity contribution in [1.82, 2.24) is 4.90 Å². The number of fused-ring (bicyclic) bond motifs is 3. The van der Waals surface area contributed by atoms with Gasteiger partial charge in [0.15, 0.2) is 5.72 Å². The lowest BCUT2D eigenvalue weighted by atomic mass is 9.47. The minimum Gasteiger partial charge on any atom is -0.495 e. The molecule has 2 saturated heterocycles. The number of carbonyl (C=O) groups excluding carboxylic acids is 1. The number of benzene rings is 1. The minimum atomic E-state index is -1.49. The molecule has 0 radical (unpaired) electrons. The fourth-order valence-corrected chi connectivity index (χ4v) is 8.18. The van der Waals surface area contributed by atoms with Crippen LogP contribution in [0.4, 0.5) is 5.69 Å². The number of nitrogens with one attached hydrogen (secondary N) is 1. The summed E-state index contributed by atoms with van der Waals surface area (Å²) >= 11 is 0. The number of carbonyl (C=O) groups is 1. The Morgan fingerprint density at radius 1 is 1.24 bits per heavy atom. The van der Waals surface area contributed by atoms with E-state index in [2.05, 4.69) is 16.3 Å². The number of piperidine rings is 1. The van der Waals surface area contributed by atoms with Gasteiger partial charge in [0.25, 0.3) is 0 Å². The average molecular weight is 400 g/mol. The Morgan fingerprint density at radius 2 is 2.07 bits per heavy atom. The van der Waals surface area contributed by atoms with Crippen LogP contribution in [0.5, 0.6) is 5.75 Å². The van der Waals surface area contributed by atoms with Gasteiger partial charge in [-0.25, -0.2) is 0 Å². The van der Waals surface area contributed by atoms with Gasteiger partial charge in [0.05, 0.1) is 31.4 Å². The fourth-order valence-electron chi connectivity index (χ4n) is 8.18. The molecule has 5 aliphatic rings. The van der Waals surface area contributed by atoms with Crippen molar-refractivity contribution in [2.45, 2.75) is 55.4 Å². The van der Waals surface area contributed by atoms with E-state index in [-0.39, 0.29) is 12.0 Å². The number of aliphatic hydroxyl groups excluding tert-OH is 1. The molecule has 7 heteroatoms. The molecule has 0 amide bonds. The van der Waals surface area contributed by atoms with E-state index in [4.69, 9.17) is 9.47 Å². The number of nitrogens with zero attached hydrogens (tertiary/aromatic N) is 1. The van der Waals surface area contributed by atoms with Gasteiger partial charge in [-0.05, 0) is 50.3 Å². The van der Waals surface area contributed by atoms with E-state index >= 15 is 0 Å². The maximum atomic E-state index is 13.3. The smallest absolute Gasteiger partial charge is 0.316 e. The Balaban J connectivity index is 1.69. The highest BCUT2D eigenvalue weighted by molar-refractivity contribution is 5.85. The lowest BCUT2D eigenvalue weighted by Crippen LogP contribution is -2.76. The molecule has 4 fully saturated rings. The first kappa shape index (κ1) is 18.0. The molecule has 6 atom stereocenters. The van der Waals surface area contributed by atoms with E-state index in [9.17, 15) is 15.0 Å². The number of anilines is 1. The molecule has 29 heavy (non-hydrogen) atoms. The van der Waals surface area contributed by atoms with Gasteiger partial charge in [-0.15, -0.1) is 0 Å². The van der Waals surface area contributed by atoms with E-state index in [0.717, 1.165) is 37.2 Å². The summed E-state index contributed by atoms with van der Waals surface area (Å²) in [5, 5.41) is 27.2. The molecule has 156 valence electrons. The van der Waals surface area contributed by atoms with Crippen LogP contribution < -0.4 is 10.1 Å². The van der Waals surface area contributed by atoms with E-state index in [0.29, 0.717) is 25.0 Å². The summed E-state index contributed by atoms with van der Waals surface area (Å²) in [4.78, 5) is 15.7. The zero-order valence-corrected chi connectivity index (χ0v) is 16.9. The Hall–Kier alpha value is -1.83. The number of rotatable bonds is 2. The lowest BCUT2D eigenvalue weighted by molar-refractivity contribution is -0.213. The summed E-state index contributed by atoms with van der Waals surface area (Å²) in [5.74, 6) is 0.282. The molecule has 2 bridgehead atoms. The van der Waals surface area contributed by atoms with Crippen LogP contribution >= 0.6 is 0 Å². The van der Waals surface area contributed by atoms with Crippen molar-refractivity contribution in [3.05, 3.63) is 23.8 Å². The van der Waals surface area contributed by atoms with Crippen molar-refractivity contribution >= 4 is 11.7 Å². The summed E-state index contributed by atoms with van der Waals surface area (Å²) in [5.41, 5.74) is -1.93. The second kappa shape index (κ2) is 5.25. The first-order valence-corrected chi connectivity index (χ1v) is 10.6. The zero-order valence-electron chi connectivity index (χ0n) is 16.9. The molecule has 2 aliphatic carbocycles. The highest BCUT2D eigenvalue weighted by Gasteiger charge is 2.85. The third-order valence-corrected chi connectivity index (χ3v) is 9.12. The predicted molar refractivity (Wildman–Crippen MR) is 105 cm³/mol. The minimum absolute atomic E-state index is 0.0233. The third-order valence-electron chi connectivity index (χ3n) is 9.12. The van der Waals surface area contributed by atoms with Crippen LogP contribution in [-0.4, -0.2) is 66.3 Å². The predicted octanol–water partition coefficient (Wildman–Crippen LogP) is 1.23. The molecule has 2 saturated carbocycles. The topological polar surface area (TPSA) is 91.3 Å². The first-order valence-electron chi connectivity index (χ1n) is 10.6. The van der Waals surface area contributed by atoms with Crippen LogP contribution in [0, 0.1) is 10.8 Å². The second-order valence-corrected chi connectivity index (χ2v) is 9.67. The number of methoxy groups -OCH3 is 2. The maximum absolute atomic E-state index is 13.3. The Morgan fingerprint density at radius 3 is 2.83 bits per heavy atom. The van der Waals surface area contributed by atoms with E-state index in [1.165, 1.54) is 7.11 Å². The number of aliphatic hydroxyl groups is 2. The van der Waals surface area contributed by atoms with Gasteiger partial charge in [0, 0.05) is 18.0 Å². The number of hydrogen-bond acceptors (Lipinski definition) is 7. The van der Waals surface area contributed by atoms with Crippen molar-refractivity contribution in [2.24, 2.45) is 10.8 Å². The largest absolute Gasteiger partial charge is 0.495 e. The molecule has 6 rings (SSSR count). The number of hydrogen-bond donors (Lipinski definition) is 3. The van der Waals surface area contributed by atoms with Crippen molar-refractivity contribution < 1.29 is 24.5 Å². The van der Waals surface area contributed by atoms with Crippen molar-refractivity contribution in [3.8, 4) is 5.75 Å². The van der Waals surface area contributed by atoms with Gasteiger partial charge >= 0.3 is 5.97 Å². The Bertz CT molecular complexity index is 922. The number of ether oxygens (including phenoxy) is 2. The molecule has 0 aromatic heterocycles. The lowest BCUT2D eigenvalue weighted by Gasteiger charge is -2.62. The fraction of sp³-hybridized carbons (Fsp3) is 0.682. The zero-order chi connectivity index (χ0) is 20.2. The molecular formula is C22H28N2O5. The normalized spacial score (nSPS) is 46.5. The molecule has 1 aromatic rings. The third kappa shape index (κ3) is 1.62. The van der Waals surface area contributed by atoms with Gasteiger partial charge in [-0.3, -0.25) is 9.69 Å². The number of esters is 1. The second-order valence-electron chi connectivity index (χ2n) is 9.67. The summed E-state index contributed by atoms with van der Waals surface area (Å²) in [6.07, 6.45) is 2.62. The van der Waals surface area contributed by atoms with Gasteiger partial charge in [0.2, 0.25) is 0 Å². The molecule has 2 spiro atoms. The van der Waals surface area contributed by atoms with Crippen LogP contribution in [0.3, 0.4) is 0 Å². The van der Waals surface area contributed by atoms with Crippen LogP contribution in [0.25, 0.3) is 0 Å². The standard InChI is InChI=1S/C22H28N2O5/c1-28-14-5-3-4-13-16(14)23-22(27)20(18(26)29-2)8-7-19(12-20)15(25)6-10-24-11-9-21(13,22)17(19)24/h3-5,15,17,23,25,27H,6-12H2,1-2H3/t15-,17-,19+,20-,21+,22+/m0/s1. The van der Waals surface area contributed by atoms with Gasteiger partial charge < -0.3 is 25.0 Å². The molecule has 1 aromatic carbocycles. The summed E-state index contributed by atoms with van der Waals surface area (Å²) in [6, 6.07) is 5.86. The average Bonchev–Trinajstić information content (AvgIpc) is 3.38. The molecule has 3 N–H and O–H groups in total. The molecule has 0 unspecified atom stereocenters. The molecular weight excluding hydrogens is 372 g/mol. The van der Waals surface area contributed by atoms with Crippen LogP contribution in [0.2, 0.25) is 0 Å². The van der Waals surface area contributed by atoms with Gasteiger partial charge in [-0.1, -0.05) is 12.1 Å². The van der Waals surface area contributed by atoms with E-state index in [1.807, 2.05) is 12.1 Å². The monoisotopic (exact) mass is 400 g/mol. The van der Waals surface area contributed by atoms with Crippen LogP contribution in [-0.2, 0) is 14.9 Å². The van der Waals surface area contributed by atoms with E-state index in [1.54, 1.807) is 7.11 Å². The summed E-state index contributed by atoms with van der Waals surface area (Å²) in [7, 11) is 3.02. The highest BCUT2D eigenvalue weighted by Crippen LogP contribution is 2.76. The van der Waals surface area contributed by atoms with Gasteiger partial charge in [0.1, 0.15) is 11.2 Å². The summed E-state index contributed by atoms with van der Waals surface area (Å²) < 4.78 is 10.9. The number of para-hydroxylation sites is 1. The van der Waals surface area contributed by atoms with E-state index < -0.39 is 28.1 Å².